The zero-order chi connectivity index (χ0) is 12.4. The van der Waals surface area contributed by atoms with Gasteiger partial charge in [0.1, 0.15) is 0 Å². The van der Waals surface area contributed by atoms with E-state index in [-0.39, 0.29) is 10.8 Å². The van der Waals surface area contributed by atoms with Gasteiger partial charge in [-0.05, 0) is 11.5 Å². The highest BCUT2D eigenvalue weighted by Gasteiger charge is 2.13. The van der Waals surface area contributed by atoms with Gasteiger partial charge < -0.3 is 9.87 Å². The number of anilines is 1. The third kappa shape index (κ3) is 2.35. The van der Waals surface area contributed by atoms with Crippen molar-refractivity contribution in [1.29, 1.82) is 0 Å². The molecule has 2 N–H and O–H groups in total. The van der Waals surface area contributed by atoms with Gasteiger partial charge in [0.05, 0.1) is 10.6 Å². The molecule has 4 nitrogen and oxygen atoms in total. The lowest BCUT2D eigenvalue weighted by Crippen LogP contribution is -2.09. The Kier molecular flexibility index (Phi) is 3.21. The van der Waals surface area contributed by atoms with Gasteiger partial charge >= 0.3 is 0 Å². The molecule has 0 aliphatic heterocycles. The van der Waals surface area contributed by atoms with E-state index in [9.17, 15) is 13.6 Å². The van der Waals surface area contributed by atoms with Crippen LogP contribution in [0.1, 0.15) is 6.92 Å². The van der Waals surface area contributed by atoms with E-state index in [0.717, 1.165) is 5.39 Å². The van der Waals surface area contributed by atoms with Gasteiger partial charge in [-0.25, -0.2) is 4.21 Å². The van der Waals surface area contributed by atoms with Crippen LogP contribution in [0.2, 0.25) is 0 Å². The van der Waals surface area contributed by atoms with Crippen molar-refractivity contribution in [2.75, 3.05) is 5.32 Å². The zero-order valence-corrected chi connectivity index (χ0v) is 9.95. The van der Waals surface area contributed by atoms with E-state index in [1.54, 1.807) is 24.3 Å². The van der Waals surface area contributed by atoms with Crippen LogP contribution >= 0.6 is 0 Å². The smallest absolute Gasteiger partial charge is 0.221 e. The van der Waals surface area contributed by atoms with Crippen molar-refractivity contribution in [3.05, 3.63) is 36.4 Å². The largest absolute Gasteiger partial charge is 0.325 e. The van der Waals surface area contributed by atoms with E-state index < -0.39 is 11.1 Å². The molecular weight excluding hydrogens is 238 g/mol. The summed E-state index contributed by atoms with van der Waals surface area (Å²) in [6.45, 7) is 1.36. The number of benzene rings is 2. The number of hydrogen-bond acceptors (Lipinski definition) is 2. The van der Waals surface area contributed by atoms with Gasteiger partial charge in [0.25, 0.3) is 0 Å². The second-order valence-electron chi connectivity index (χ2n) is 3.59. The number of carbonyl (C=O) groups excluding carboxylic acids is 1. The quantitative estimate of drug-likeness (QED) is 0.803. The maximum Gasteiger partial charge on any atom is 0.221 e. The fourth-order valence-electron chi connectivity index (χ4n) is 1.72. The fraction of sp³-hybridized carbons (Fsp3) is 0.0833. The summed E-state index contributed by atoms with van der Waals surface area (Å²) in [6, 6.07) is 10.7. The Labute approximate surface area is 101 Å². The Morgan fingerprint density at radius 2 is 1.94 bits per heavy atom. The monoisotopic (exact) mass is 249 g/mol. The number of rotatable bonds is 2. The minimum absolute atomic E-state index is 0.235. The molecule has 0 aliphatic rings. The molecule has 88 valence electrons. The highest BCUT2D eigenvalue weighted by Crippen LogP contribution is 2.28. The third-order valence-corrected chi connectivity index (χ3v) is 3.15. The number of hydrogen-bond donors (Lipinski definition) is 2. The highest BCUT2D eigenvalue weighted by molar-refractivity contribution is 7.79. The van der Waals surface area contributed by atoms with E-state index in [1.807, 2.05) is 12.1 Å². The summed E-state index contributed by atoms with van der Waals surface area (Å²) < 4.78 is 20.7. The molecule has 2 rings (SSSR count). The van der Waals surface area contributed by atoms with Gasteiger partial charge in [0.2, 0.25) is 5.91 Å². The van der Waals surface area contributed by atoms with Crippen LogP contribution in [0.5, 0.6) is 0 Å². The molecule has 0 fully saturated rings. The van der Waals surface area contributed by atoms with Crippen LogP contribution in [-0.4, -0.2) is 14.7 Å². The van der Waals surface area contributed by atoms with E-state index in [4.69, 9.17) is 0 Å². The van der Waals surface area contributed by atoms with Crippen LogP contribution in [-0.2, 0) is 15.9 Å². The first-order chi connectivity index (χ1) is 8.09. The van der Waals surface area contributed by atoms with Crippen molar-refractivity contribution in [1.82, 2.24) is 0 Å². The maximum absolute atomic E-state index is 11.4. The van der Waals surface area contributed by atoms with E-state index >= 15 is 0 Å². The second kappa shape index (κ2) is 4.65. The Morgan fingerprint density at radius 1 is 1.24 bits per heavy atom. The maximum atomic E-state index is 11.4. The molecule has 5 heteroatoms. The highest BCUT2D eigenvalue weighted by atomic mass is 32.2. The van der Waals surface area contributed by atoms with Crippen molar-refractivity contribution in [2.45, 2.75) is 11.8 Å². The summed E-state index contributed by atoms with van der Waals surface area (Å²) >= 11 is -2.15. The van der Waals surface area contributed by atoms with Crippen molar-refractivity contribution in [3.63, 3.8) is 0 Å². The molecule has 1 unspecified atom stereocenters. The molecule has 0 heterocycles. The van der Waals surface area contributed by atoms with Crippen LogP contribution in [0.3, 0.4) is 0 Å². The van der Waals surface area contributed by atoms with Gasteiger partial charge in [-0.3, -0.25) is 4.79 Å². The van der Waals surface area contributed by atoms with E-state index in [2.05, 4.69) is 5.32 Å². The predicted octanol–water partition coefficient (Wildman–Crippen LogP) is 2.38. The average Bonchev–Trinajstić information content (AvgIpc) is 2.27. The van der Waals surface area contributed by atoms with Gasteiger partial charge in [0.15, 0.2) is 11.1 Å². The van der Waals surface area contributed by atoms with Crippen molar-refractivity contribution < 1.29 is 13.6 Å². The van der Waals surface area contributed by atoms with Gasteiger partial charge in [0, 0.05) is 12.3 Å². The molecule has 0 spiro atoms. The summed E-state index contributed by atoms with van der Waals surface area (Å²) in [6.07, 6.45) is 0. The first-order valence-electron chi connectivity index (χ1n) is 5.00. The lowest BCUT2D eigenvalue weighted by atomic mass is 10.1. The molecule has 1 amide bonds. The topological polar surface area (TPSA) is 66.4 Å². The predicted molar refractivity (Wildman–Crippen MR) is 67.3 cm³/mol. The summed E-state index contributed by atoms with van der Waals surface area (Å²) in [5.74, 6) is -0.271. The third-order valence-electron chi connectivity index (χ3n) is 2.36. The SMILES string of the molecule is CC(=O)Nc1ccc2ccccc2c1S(=O)O. The summed E-state index contributed by atoms with van der Waals surface area (Å²) in [5, 5.41) is 4.08. The van der Waals surface area contributed by atoms with E-state index in [0.29, 0.717) is 11.1 Å². The van der Waals surface area contributed by atoms with Crippen molar-refractivity contribution in [3.8, 4) is 0 Å². The Morgan fingerprint density at radius 3 is 2.59 bits per heavy atom. The van der Waals surface area contributed by atoms with E-state index in [1.165, 1.54) is 6.92 Å². The molecule has 0 bridgehead atoms. The summed E-state index contributed by atoms with van der Waals surface area (Å²) in [5.41, 5.74) is 0.372. The number of carbonyl (C=O) groups is 1. The number of nitrogens with one attached hydrogen (secondary N) is 1. The molecule has 0 saturated heterocycles. The number of fused-ring (bicyclic) bond motifs is 1. The minimum atomic E-state index is -2.15. The molecular formula is C12H11NO3S. The van der Waals surface area contributed by atoms with Crippen LogP contribution in [0.4, 0.5) is 5.69 Å². The minimum Gasteiger partial charge on any atom is -0.325 e. The Bertz CT molecular complexity index is 610. The van der Waals surface area contributed by atoms with Crippen LogP contribution in [0, 0.1) is 0 Å². The second-order valence-corrected chi connectivity index (χ2v) is 4.50. The standard InChI is InChI=1S/C12H11NO3S/c1-8(14)13-11-7-6-9-4-2-3-5-10(9)12(11)17(15)16/h2-7H,1H3,(H,13,14)(H,15,16). The lowest BCUT2D eigenvalue weighted by Gasteiger charge is -2.10. The first kappa shape index (κ1) is 11.8. The van der Waals surface area contributed by atoms with Crippen molar-refractivity contribution >= 4 is 33.4 Å². The molecule has 1 atom stereocenters. The molecule has 0 radical (unpaired) electrons. The molecule has 2 aromatic carbocycles. The lowest BCUT2D eigenvalue weighted by molar-refractivity contribution is -0.114. The fourth-order valence-corrected chi connectivity index (χ4v) is 2.40. The van der Waals surface area contributed by atoms with Crippen LogP contribution < -0.4 is 5.32 Å². The first-order valence-corrected chi connectivity index (χ1v) is 6.10. The molecule has 17 heavy (non-hydrogen) atoms. The summed E-state index contributed by atoms with van der Waals surface area (Å²) in [7, 11) is 0. The van der Waals surface area contributed by atoms with Crippen LogP contribution in [0.15, 0.2) is 41.3 Å². The van der Waals surface area contributed by atoms with Gasteiger partial charge in [-0.1, -0.05) is 30.3 Å². The van der Waals surface area contributed by atoms with Crippen molar-refractivity contribution in [2.24, 2.45) is 0 Å². The molecule has 0 aromatic heterocycles. The van der Waals surface area contributed by atoms with Gasteiger partial charge in [-0.15, -0.1) is 0 Å². The molecule has 2 aromatic rings. The van der Waals surface area contributed by atoms with Crippen LogP contribution in [0.25, 0.3) is 10.8 Å². The Hall–Kier alpha value is -1.72. The zero-order valence-electron chi connectivity index (χ0n) is 9.14. The van der Waals surface area contributed by atoms with Gasteiger partial charge in [-0.2, -0.15) is 0 Å². The molecule has 0 saturated carbocycles. The number of amides is 1. The normalized spacial score (nSPS) is 12.4. The average molecular weight is 249 g/mol. The molecule has 0 aliphatic carbocycles. The summed E-state index contributed by atoms with van der Waals surface area (Å²) in [4.78, 5) is 11.3. The Balaban J connectivity index is 2.72.